The van der Waals surface area contributed by atoms with E-state index in [1.54, 1.807) is 13.8 Å². The Kier molecular flexibility index (Phi) is 3.51. The molecule has 1 aliphatic rings. The predicted molar refractivity (Wildman–Crippen MR) is 53.6 cm³/mol. The molecule has 1 aliphatic carbocycles. The minimum Gasteiger partial charge on any atom is -0.481 e. The van der Waals surface area contributed by atoms with E-state index in [2.05, 4.69) is 5.32 Å². The summed E-state index contributed by atoms with van der Waals surface area (Å²) in [5.74, 6) is -4.04. The summed E-state index contributed by atoms with van der Waals surface area (Å²) in [5, 5.41) is 19.8. The van der Waals surface area contributed by atoms with Crippen molar-refractivity contribution in [1.82, 2.24) is 5.32 Å². The maximum atomic E-state index is 11.5. The van der Waals surface area contributed by atoms with Crippen LogP contribution in [0.4, 0.5) is 0 Å². The van der Waals surface area contributed by atoms with Crippen LogP contribution in [0.1, 0.15) is 20.3 Å². The first kappa shape index (κ1) is 12.5. The second-order valence-electron chi connectivity index (χ2n) is 4.36. The first-order valence-electron chi connectivity index (χ1n) is 5.10. The number of rotatable bonds is 5. The summed E-state index contributed by atoms with van der Waals surface area (Å²) in [6, 6.07) is -0.956. The van der Waals surface area contributed by atoms with Gasteiger partial charge in [0.1, 0.15) is 6.04 Å². The first-order valence-corrected chi connectivity index (χ1v) is 5.10. The van der Waals surface area contributed by atoms with Crippen molar-refractivity contribution in [1.29, 1.82) is 0 Å². The van der Waals surface area contributed by atoms with Gasteiger partial charge in [0.25, 0.3) is 0 Å². The Morgan fingerprint density at radius 3 is 2.06 bits per heavy atom. The zero-order valence-corrected chi connectivity index (χ0v) is 9.14. The SMILES string of the molecule is CC(C)C(NC(=O)[C@@H]1C[C@@H]1C(=O)O)C(=O)O. The number of hydrogen-bond donors (Lipinski definition) is 3. The molecule has 6 nitrogen and oxygen atoms in total. The number of hydrogen-bond acceptors (Lipinski definition) is 3. The number of amides is 1. The van der Waals surface area contributed by atoms with Gasteiger partial charge in [0, 0.05) is 0 Å². The van der Waals surface area contributed by atoms with Crippen molar-refractivity contribution in [2.75, 3.05) is 0 Å². The highest BCUT2D eigenvalue weighted by molar-refractivity contribution is 5.91. The van der Waals surface area contributed by atoms with Crippen LogP contribution in [-0.2, 0) is 14.4 Å². The van der Waals surface area contributed by atoms with Crippen molar-refractivity contribution >= 4 is 17.8 Å². The molecule has 1 amide bonds. The molecule has 90 valence electrons. The molecule has 1 rings (SSSR count). The molecule has 0 radical (unpaired) electrons. The Labute approximate surface area is 92.6 Å². The average Bonchev–Trinajstić information content (AvgIpc) is 2.91. The minimum absolute atomic E-state index is 0.233. The molecule has 6 heteroatoms. The molecule has 0 aromatic heterocycles. The van der Waals surface area contributed by atoms with Crippen LogP contribution in [0.2, 0.25) is 0 Å². The van der Waals surface area contributed by atoms with Gasteiger partial charge in [-0.05, 0) is 12.3 Å². The van der Waals surface area contributed by atoms with Crippen molar-refractivity contribution in [3.05, 3.63) is 0 Å². The molecular formula is C10H15NO5. The lowest BCUT2D eigenvalue weighted by atomic mass is 10.0. The van der Waals surface area contributed by atoms with E-state index in [-0.39, 0.29) is 5.92 Å². The van der Waals surface area contributed by atoms with E-state index < -0.39 is 35.7 Å². The van der Waals surface area contributed by atoms with Crippen LogP contribution in [0.5, 0.6) is 0 Å². The minimum atomic E-state index is -1.10. The van der Waals surface area contributed by atoms with Crippen LogP contribution in [0, 0.1) is 17.8 Å². The van der Waals surface area contributed by atoms with Gasteiger partial charge in [0.05, 0.1) is 11.8 Å². The standard InChI is InChI=1S/C10H15NO5/c1-4(2)7(10(15)16)11-8(12)5-3-6(5)9(13)14/h4-7H,3H2,1-2H3,(H,11,12)(H,13,14)(H,15,16)/t5-,6+,7?/m1/s1. The Bertz CT molecular complexity index is 325. The molecule has 0 saturated heterocycles. The number of aliphatic carboxylic acids is 2. The van der Waals surface area contributed by atoms with Crippen LogP contribution in [0.15, 0.2) is 0 Å². The second-order valence-corrected chi connectivity index (χ2v) is 4.36. The summed E-state index contributed by atoms with van der Waals surface area (Å²) >= 11 is 0. The number of carbonyl (C=O) groups excluding carboxylic acids is 1. The van der Waals surface area contributed by atoms with Gasteiger partial charge in [0.2, 0.25) is 5.91 Å². The predicted octanol–water partition coefficient (Wildman–Crippen LogP) is -0.0675. The summed E-state index contributed by atoms with van der Waals surface area (Å²) in [6.45, 7) is 3.36. The molecule has 0 spiro atoms. The van der Waals surface area contributed by atoms with E-state index in [0.717, 1.165) is 0 Å². The quantitative estimate of drug-likeness (QED) is 0.612. The molecule has 0 bridgehead atoms. The molecule has 1 saturated carbocycles. The van der Waals surface area contributed by atoms with Crippen LogP contribution in [-0.4, -0.2) is 34.1 Å². The van der Waals surface area contributed by atoms with Gasteiger partial charge in [-0.2, -0.15) is 0 Å². The molecular weight excluding hydrogens is 214 g/mol. The highest BCUT2D eigenvalue weighted by Gasteiger charge is 2.49. The molecule has 1 fully saturated rings. The van der Waals surface area contributed by atoms with Crippen LogP contribution in [0.25, 0.3) is 0 Å². The zero-order valence-electron chi connectivity index (χ0n) is 9.14. The number of carboxylic acids is 2. The fourth-order valence-electron chi connectivity index (χ4n) is 1.53. The van der Waals surface area contributed by atoms with E-state index in [9.17, 15) is 14.4 Å². The van der Waals surface area contributed by atoms with Gasteiger partial charge in [-0.3, -0.25) is 9.59 Å². The molecule has 3 atom stereocenters. The summed E-state index contributed by atoms with van der Waals surface area (Å²) in [7, 11) is 0. The normalized spacial score (nSPS) is 24.9. The van der Waals surface area contributed by atoms with Gasteiger partial charge in [-0.15, -0.1) is 0 Å². The van der Waals surface area contributed by atoms with E-state index in [1.165, 1.54) is 0 Å². The monoisotopic (exact) mass is 229 g/mol. The highest BCUT2D eigenvalue weighted by Crippen LogP contribution is 2.38. The molecule has 16 heavy (non-hydrogen) atoms. The topological polar surface area (TPSA) is 104 Å². The van der Waals surface area contributed by atoms with Gasteiger partial charge in [-0.1, -0.05) is 13.8 Å². The largest absolute Gasteiger partial charge is 0.481 e. The van der Waals surface area contributed by atoms with Crippen molar-refractivity contribution in [3.63, 3.8) is 0 Å². The van der Waals surface area contributed by atoms with E-state index >= 15 is 0 Å². The van der Waals surface area contributed by atoms with Crippen LogP contribution in [0.3, 0.4) is 0 Å². The Morgan fingerprint density at radius 2 is 1.75 bits per heavy atom. The summed E-state index contributed by atoms with van der Waals surface area (Å²) < 4.78 is 0. The van der Waals surface area contributed by atoms with Gasteiger partial charge in [-0.25, -0.2) is 4.79 Å². The van der Waals surface area contributed by atoms with E-state index in [4.69, 9.17) is 10.2 Å². The first-order chi connectivity index (χ1) is 7.34. The zero-order chi connectivity index (χ0) is 12.5. The van der Waals surface area contributed by atoms with Crippen LogP contribution < -0.4 is 5.32 Å². The molecule has 0 aliphatic heterocycles. The van der Waals surface area contributed by atoms with Crippen LogP contribution >= 0.6 is 0 Å². The third-order valence-corrected chi connectivity index (χ3v) is 2.67. The lowest BCUT2D eigenvalue weighted by molar-refractivity contribution is -0.143. The average molecular weight is 229 g/mol. The fraction of sp³-hybridized carbons (Fsp3) is 0.700. The van der Waals surface area contributed by atoms with E-state index in [1.807, 2.05) is 0 Å². The van der Waals surface area contributed by atoms with Crippen molar-refractivity contribution in [2.24, 2.45) is 17.8 Å². The third kappa shape index (κ3) is 2.71. The van der Waals surface area contributed by atoms with Crippen molar-refractivity contribution in [2.45, 2.75) is 26.3 Å². The van der Waals surface area contributed by atoms with E-state index in [0.29, 0.717) is 6.42 Å². The number of carboxylic acid groups (broad SMARTS) is 2. The Balaban J connectivity index is 2.51. The molecule has 0 aromatic rings. The van der Waals surface area contributed by atoms with Crippen molar-refractivity contribution in [3.8, 4) is 0 Å². The number of carbonyl (C=O) groups is 3. The maximum absolute atomic E-state index is 11.5. The second kappa shape index (κ2) is 4.51. The fourth-order valence-corrected chi connectivity index (χ4v) is 1.53. The third-order valence-electron chi connectivity index (χ3n) is 2.67. The highest BCUT2D eigenvalue weighted by atomic mass is 16.4. The van der Waals surface area contributed by atoms with Gasteiger partial charge in [0.15, 0.2) is 0 Å². The maximum Gasteiger partial charge on any atom is 0.326 e. The lowest BCUT2D eigenvalue weighted by Gasteiger charge is -2.17. The molecule has 0 aromatic carbocycles. The smallest absolute Gasteiger partial charge is 0.326 e. The lowest BCUT2D eigenvalue weighted by Crippen LogP contribution is -2.45. The Morgan fingerprint density at radius 1 is 1.19 bits per heavy atom. The summed E-state index contributed by atoms with van der Waals surface area (Å²) in [4.78, 5) is 32.8. The number of nitrogens with one attached hydrogen (secondary N) is 1. The molecule has 1 unspecified atom stereocenters. The summed E-state index contributed by atoms with van der Waals surface area (Å²) in [6.07, 6.45) is 0.297. The Hall–Kier alpha value is -1.59. The van der Waals surface area contributed by atoms with Crippen molar-refractivity contribution < 1.29 is 24.6 Å². The summed E-state index contributed by atoms with van der Waals surface area (Å²) in [5.41, 5.74) is 0. The van der Waals surface area contributed by atoms with Gasteiger partial charge < -0.3 is 15.5 Å². The molecule has 3 N–H and O–H groups in total. The molecule has 0 heterocycles. The van der Waals surface area contributed by atoms with Gasteiger partial charge >= 0.3 is 11.9 Å².